The molecular weight excluding hydrogens is 178 g/mol. The Balaban J connectivity index is 1.99. The van der Waals surface area contributed by atoms with E-state index in [9.17, 15) is 4.79 Å². The number of rotatable bonds is 2. The first-order valence-corrected chi connectivity index (χ1v) is 5.51. The van der Waals surface area contributed by atoms with E-state index in [1.54, 1.807) is 0 Å². The number of amides is 2. The Bertz CT molecular complexity index is 223. The summed E-state index contributed by atoms with van der Waals surface area (Å²) in [6, 6.07) is 0.535. The molecule has 2 aliphatic rings. The molecular formula is C10H19N3O. The van der Waals surface area contributed by atoms with E-state index in [-0.39, 0.29) is 6.03 Å². The van der Waals surface area contributed by atoms with Gasteiger partial charge in [0.25, 0.3) is 0 Å². The molecule has 1 atom stereocenters. The SMILES string of the molecule is CC(C)N1CCN(C2CCCN2)C1=O. The zero-order chi connectivity index (χ0) is 10.1. The second-order valence-corrected chi connectivity index (χ2v) is 4.38. The maximum Gasteiger partial charge on any atom is 0.321 e. The van der Waals surface area contributed by atoms with Gasteiger partial charge in [-0.25, -0.2) is 4.79 Å². The summed E-state index contributed by atoms with van der Waals surface area (Å²) in [4.78, 5) is 15.9. The number of nitrogens with one attached hydrogen (secondary N) is 1. The molecule has 4 heteroatoms. The minimum atomic E-state index is 0.208. The van der Waals surface area contributed by atoms with Crippen LogP contribution in [-0.2, 0) is 0 Å². The number of nitrogens with zero attached hydrogens (tertiary/aromatic N) is 2. The van der Waals surface area contributed by atoms with Gasteiger partial charge in [-0.1, -0.05) is 0 Å². The van der Waals surface area contributed by atoms with Crippen molar-refractivity contribution in [2.24, 2.45) is 0 Å². The van der Waals surface area contributed by atoms with Gasteiger partial charge in [0.2, 0.25) is 0 Å². The minimum Gasteiger partial charge on any atom is -0.320 e. The summed E-state index contributed by atoms with van der Waals surface area (Å²) in [6.07, 6.45) is 2.60. The largest absolute Gasteiger partial charge is 0.321 e. The molecule has 0 radical (unpaired) electrons. The van der Waals surface area contributed by atoms with Crippen LogP contribution in [0.2, 0.25) is 0 Å². The van der Waals surface area contributed by atoms with Gasteiger partial charge >= 0.3 is 6.03 Å². The van der Waals surface area contributed by atoms with E-state index in [4.69, 9.17) is 0 Å². The number of carbonyl (C=O) groups is 1. The van der Waals surface area contributed by atoms with Crippen LogP contribution in [0.15, 0.2) is 0 Å². The molecule has 2 saturated heterocycles. The standard InChI is InChI=1S/C10H19N3O/c1-8(2)12-6-7-13(10(12)14)9-4-3-5-11-9/h8-9,11H,3-7H2,1-2H3. The highest BCUT2D eigenvalue weighted by Gasteiger charge is 2.35. The Hall–Kier alpha value is -0.770. The third-order valence-electron chi connectivity index (χ3n) is 3.11. The molecule has 0 aliphatic carbocycles. The lowest BCUT2D eigenvalue weighted by Gasteiger charge is -2.25. The van der Waals surface area contributed by atoms with Crippen molar-refractivity contribution < 1.29 is 4.79 Å². The van der Waals surface area contributed by atoms with E-state index in [1.165, 1.54) is 6.42 Å². The van der Waals surface area contributed by atoms with Crippen LogP contribution in [0.5, 0.6) is 0 Å². The lowest BCUT2D eigenvalue weighted by Crippen LogP contribution is -2.45. The minimum absolute atomic E-state index is 0.208. The first-order chi connectivity index (χ1) is 6.70. The van der Waals surface area contributed by atoms with Crippen LogP contribution in [0.1, 0.15) is 26.7 Å². The van der Waals surface area contributed by atoms with Crippen LogP contribution in [-0.4, -0.2) is 47.7 Å². The van der Waals surface area contributed by atoms with Crippen molar-refractivity contribution in [2.75, 3.05) is 19.6 Å². The van der Waals surface area contributed by atoms with Gasteiger partial charge in [0.05, 0.1) is 6.17 Å². The van der Waals surface area contributed by atoms with Crippen LogP contribution in [0.25, 0.3) is 0 Å². The fraction of sp³-hybridized carbons (Fsp3) is 0.900. The van der Waals surface area contributed by atoms with Gasteiger partial charge in [0.1, 0.15) is 0 Å². The summed E-state index contributed by atoms with van der Waals surface area (Å²) in [5.41, 5.74) is 0. The zero-order valence-electron chi connectivity index (χ0n) is 8.99. The van der Waals surface area contributed by atoms with Gasteiger partial charge in [-0.3, -0.25) is 5.32 Å². The van der Waals surface area contributed by atoms with Crippen molar-refractivity contribution in [1.82, 2.24) is 15.1 Å². The average Bonchev–Trinajstić information content (AvgIpc) is 2.71. The molecule has 14 heavy (non-hydrogen) atoms. The molecule has 80 valence electrons. The summed E-state index contributed by atoms with van der Waals surface area (Å²) in [7, 11) is 0. The van der Waals surface area contributed by atoms with Crippen LogP contribution in [0.4, 0.5) is 4.79 Å². The molecule has 0 aromatic rings. The van der Waals surface area contributed by atoms with Crippen molar-refractivity contribution in [2.45, 2.75) is 38.9 Å². The topological polar surface area (TPSA) is 35.6 Å². The highest BCUT2D eigenvalue weighted by Crippen LogP contribution is 2.18. The molecule has 2 amide bonds. The van der Waals surface area contributed by atoms with E-state index in [0.717, 1.165) is 26.1 Å². The highest BCUT2D eigenvalue weighted by atomic mass is 16.2. The normalized spacial score (nSPS) is 28.2. The number of carbonyl (C=O) groups excluding carboxylic acids is 1. The van der Waals surface area contributed by atoms with Gasteiger partial charge in [-0.05, 0) is 33.2 Å². The first-order valence-electron chi connectivity index (χ1n) is 5.51. The predicted octanol–water partition coefficient (Wildman–Crippen LogP) is 0.842. The highest BCUT2D eigenvalue weighted by molar-refractivity contribution is 5.77. The smallest absolute Gasteiger partial charge is 0.320 e. The van der Waals surface area contributed by atoms with Crippen molar-refractivity contribution in [3.63, 3.8) is 0 Å². The summed E-state index contributed by atoms with van der Waals surface area (Å²) < 4.78 is 0. The van der Waals surface area contributed by atoms with Gasteiger partial charge in [0.15, 0.2) is 0 Å². The van der Waals surface area contributed by atoms with Crippen LogP contribution in [0.3, 0.4) is 0 Å². The molecule has 0 aromatic heterocycles. The predicted molar refractivity (Wildman–Crippen MR) is 55.0 cm³/mol. The maximum atomic E-state index is 11.9. The summed E-state index contributed by atoms with van der Waals surface area (Å²) in [6.45, 7) is 6.96. The van der Waals surface area contributed by atoms with Crippen molar-refractivity contribution >= 4 is 6.03 Å². The van der Waals surface area contributed by atoms with Crippen molar-refractivity contribution in [1.29, 1.82) is 0 Å². The summed E-state index contributed by atoms with van der Waals surface area (Å²) >= 11 is 0. The first kappa shape index (κ1) is 9.77. The molecule has 0 saturated carbocycles. The van der Waals surface area contributed by atoms with E-state index in [2.05, 4.69) is 19.2 Å². The van der Waals surface area contributed by atoms with Crippen LogP contribution in [0, 0.1) is 0 Å². The molecule has 2 heterocycles. The molecule has 4 nitrogen and oxygen atoms in total. The Kier molecular flexibility index (Phi) is 2.63. The number of urea groups is 1. The fourth-order valence-corrected chi connectivity index (χ4v) is 2.27. The van der Waals surface area contributed by atoms with E-state index in [0.29, 0.717) is 12.2 Å². The molecule has 0 aromatic carbocycles. The van der Waals surface area contributed by atoms with Crippen LogP contribution >= 0.6 is 0 Å². The van der Waals surface area contributed by atoms with E-state index >= 15 is 0 Å². The second kappa shape index (κ2) is 3.77. The third kappa shape index (κ3) is 1.59. The van der Waals surface area contributed by atoms with Crippen LogP contribution < -0.4 is 5.32 Å². The number of hydrogen-bond donors (Lipinski definition) is 1. The molecule has 1 unspecified atom stereocenters. The lowest BCUT2D eigenvalue weighted by atomic mass is 10.3. The monoisotopic (exact) mass is 197 g/mol. The van der Waals surface area contributed by atoms with E-state index in [1.807, 2.05) is 9.80 Å². The molecule has 2 aliphatic heterocycles. The van der Waals surface area contributed by atoms with Gasteiger partial charge in [-0.15, -0.1) is 0 Å². The average molecular weight is 197 g/mol. The Labute approximate surface area is 85.2 Å². The van der Waals surface area contributed by atoms with Gasteiger partial charge in [-0.2, -0.15) is 0 Å². The quantitative estimate of drug-likeness (QED) is 0.712. The summed E-state index contributed by atoms with van der Waals surface area (Å²) in [5, 5.41) is 3.37. The second-order valence-electron chi connectivity index (χ2n) is 4.38. The molecule has 2 rings (SSSR count). The van der Waals surface area contributed by atoms with E-state index < -0.39 is 0 Å². The maximum absolute atomic E-state index is 11.9. The van der Waals surface area contributed by atoms with Gasteiger partial charge in [0, 0.05) is 19.1 Å². The summed E-state index contributed by atoms with van der Waals surface area (Å²) in [5.74, 6) is 0. The Morgan fingerprint density at radius 3 is 2.71 bits per heavy atom. The lowest BCUT2D eigenvalue weighted by molar-refractivity contribution is 0.166. The van der Waals surface area contributed by atoms with Gasteiger partial charge < -0.3 is 9.80 Å². The zero-order valence-corrected chi connectivity index (χ0v) is 8.99. The molecule has 2 fully saturated rings. The number of hydrogen-bond acceptors (Lipinski definition) is 2. The fourth-order valence-electron chi connectivity index (χ4n) is 2.27. The Morgan fingerprint density at radius 1 is 1.43 bits per heavy atom. The molecule has 0 spiro atoms. The molecule has 1 N–H and O–H groups in total. The Morgan fingerprint density at radius 2 is 2.21 bits per heavy atom. The molecule has 0 bridgehead atoms. The van der Waals surface area contributed by atoms with Crippen molar-refractivity contribution in [3.05, 3.63) is 0 Å². The van der Waals surface area contributed by atoms with Crippen molar-refractivity contribution in [3.8, 4) is 0 Å². The third-order valence-corrected chi connectivity index (χ3v) is 3.11.